The van der Waals surface area contributed by atoms with Crippen LogP contribution < -0.4 is 15.0 Å². The number of methoxy groups -OCH3 is 1. The van der Waals surface area contributed by atoms with Gasteiger partial charge in [-0.1, -0.05) is 0 Å². The Labute approximate surface area is 109 Å². The van der Waals surface area contributed by atoms with E-state index in [-0.39, 0.29) is 0 Å². The van der Waals surface area contributed by atoms with Gasteiger partial charge in [-0.05, 0) is 38.8 Å². The molecule has 1 aromatic heterocycles. The van der Waals surface area contributed by atoms with Crippen LogP contribution >= 0.6 is 0 Å². The zero-order valence-electron chi connectivity index (χ0n) is 11.2. The van der Waals surface area contributed by atoms with Crippen molar-refractivity contribution in [1.29, 1.82) is 0 Å². The van der Waals surface area contributed by atoms with Crippen molar-refractivity contribution < 1.29 is 4.74 Å². The average molecular weight is 250 g/mol. The standard InChI is InChI=1S/C13H22N4O/c1-14-6-3-11-4-7-17(8-5-11)12-9-13(18-2)16-10-15-12/h9-11,14H,3-8H2,1-2H3. The van der Waals surface area contributed by atoms with E-state index in [9.17, 15) is 0 Å². The van der Waals surface area contributed by atoms with Crippen molar-refractivity contribution in [3.05, 3.63) is 12.4 Å². The quantitative estimate of drug-likeness (QED) is 0.854. The number of nitrogens with one attached hydrogen (secondary N) is 1. The Morgan fingerprint density at radius 2 is 2.17 bits per heavy atom. The normalized spacial score (nSPS) is 16.9. The van der Waals surface area contributed by atoms with E-state index in [4.69, 9.17) is 4.74 Å². The Kier molecular flexibility index (Phi) is 4.75. The van der Waals surface area contributed by atoms with E-state index in [2.05, 4.69) is 20.2 Å². The van der Waals surface area contributed by atoms with E-state index < -0.39 is 0 Å². The molecule has 1 saturated heterocycles. The van der Waals surface area contributed by atoms with Crippen molar-refractivity contribution >= 4 is 5.82 Å². The van der Waals surface area contributed by atoms with Gasteiger partial charge in [0.1, 0.15) is 12.1 Å². The number of rotatable bonds is 5. The van der Waals surface area contributed by atoms with E-state index >= 15 is 0 Å². The monoisotopic (exact) mass is 250 g/mol. The van der Waals surface area contributed by atoms with Crippen LogP contribution in [-0.2, 0) is 0 Å². The fourth-order valence-electron chi connectivity index (χ4n) is 2.41. The van der Waals surface area contributed by atoms with Crippen LogP contribution in [0.4, 0.5) is 5.82 Å². The number of hydrogen-bond donors (Lipinski definition) is 1. The van der Waals surface area contributed by atoms with Gasteiger partial charge in [0.25, 0.3) is 0 Å². The third kappa shape index (κ3) is 3.32. The van der Waals surface area contributed by atoms with Gasteiger partial charge in [-0.2, -0.15) is 0 Å². The van der Waals surface area contributed by atoms with Crippen LogP contribution in [0.1, 0.15) is 19.3 Å². The van der Waals surface area contributed by atoms with Crippen molar-refractivity contribution in [1.82, 2.24) is 15.3 Å². The summed E-state index contributed by atoms with van der Waals surface area (Å²) in [7, 11) is 3.65. The molecule has 0 radical (unpaired) electrons. The second-order valence-electron chi connectivity index (χ2n) is 4.74. The van der Waals surface area contributed by atoms with Crippen LogP contribution in [0.25, 0.3) is 0 Å². The first-order chi connectivity index (χ1) is 8.83. The molecule has 2 heterocycles. The SMILES string of the molecule is CNCCC1CCN(c2cc(OC)ncn2)CC1. The molecule has 5 nitrogen and oxygen atoms in total. The molecule has 1 N–H and O–H groups in total. The molecule has 0 aliphatic carbocycles. The molecule has 5 heteroatoms. The largest absolute Gasteiger partial charge is 0.481 e. The summed E-state index contributed by atoms with van der Waals surface area (Å²) in [4.78, 5) is 10.7. The van der Waals surface area contributed by atoms with Crippen LogP contribution in [0, 0.1) is 5.92 Å². The predicted octanol–water partition coefficient (Wildman–Crippen LogP) is 1.31. The molecule has 1 aromatic rings. The lowest BCUT2D eigenvalue weighted by Gasteiger charge is -2.32. The van der Waals surface area contributed by atoms with Crippen LogP contribution in [0.15, 0.2) is 12.4 Å². The molecular weight excluding hydrogens is 228 g/mol. The molecule has 0 spiro atoms. The van der Waals surface area contributed by atoms with Crippen LogP contribution in [0.2, 0.25) is 0 Å². The average Bonchev–Trinajstić information content (AvgIpc) is 2.46. The minimum absolute atomic E-state index is 0.636. The van der Waals surface area contributed by atoms with E-state index in [1.54, 1.807) is 13.4 Å². The third-order valence-electron chi connectivity index (χ3n) is 3.58. The van der Waals surface area contributed by atoms with E-state index in [0.717, 1.165) is 31.4 Å². The van der Waals surface area contributed by atoms with Crippen molar-refractivity contribution in [2.24, 2.45) is 5.92 Å². The molecule has 0 saturated carbocycles. The summed E-state index contributed by atoms with van der Waals surface area (Å²) in [6.45, 7) is 3.27. The summed E-state index contributed by atoms with van der Waals surface area (Å²) in [6, 6.07) is 1.91. The maximum atomic E-state index is 5.13. The third-order valence-corrected chi connectivity index (χ3v) is 3.58. The van der Waals surface area contributed by atoms with Gasteiger partial charge in [-0.25, -0.2) is 9.97 Å². The number of aromatic nitrogens is 2. The van der Waals surface area contributed by atoms with E-state index in [0.29, 0.717) is 5.88 Å². The van der Waals surface area contributed by atoms with Crippen LogP contribution in [0.3, 0.4) is 0 Å². The number of anilines is 1. The number of piperidine rings is 1. The molecule has 0 atom stereocenters. The highest BCUT2D eigenvalue weighted by Gasteiger charge is 2.20. The molecule has 0 amide bonds. The highest BCUT2D eigenvalue weighted by Crippen LogP contribution is 2.24. The molecule has 0 unspecified atom stereocenters. The van der Waals surface area contributed by atoms with Gasteiger partial charge in [0.2, 0.25) is 5.88 Å². The summed E-state index contributed by atoms with van der Waals surface area (Å²) < 4.78 is 5.13. The number of nitrogens with zero attached hydrogens (tertiary/aromatic N) is 3. The molecule has 1 aliphatic heterocycles. The van der Waals surface area contributed by atoms with Gasteiger partial charge in [-0.15, -0.1) is 0 Å². The minimum Gasteiger partial charge on any atom is -0.481 e. The summed E-state index contributed by atoms with van der Waals surface area (Å²) in [5.41, 5.74) is 0. The van der Waals surface area contributed by atoms with Gasteiger partial charge in [-0.3, -0.25) is 0 Å². The fraction of sp³-hybridized carbons (Fsp3) is 0.692. The molecular formula is C13H22N4O. The topological polar surface area (TPSA) is 50.3 Å². The van der Waals surface area contributed by atoms with Gasteiger partial charge in [0.05, 0.1) is 7.11 Å². The Morgan fingerprint density at radius 1 is 1.39 bits per heavy atom. The van der Waals surface area contributed by atoms with Gasteiger partial charge < -0.3 is 15.0 Å². The molecule has 0 bridgehead atoms. The second kappa shape index (κ2) is 6.54. The Hall–Kier alpha value is -1.36. The molecule has 1 aliphatic rings. The lowest BCUT2D eigenvalue weighted by Crippen LogP contribution is -2.35. The first-order valence-corrected chi connectivity index (χ1v) is 6.59. The highest BCUT2D eigenvalue weighted by atomic mass is 16.5. The maximum absolute atomic E-state index is 5.13. The van der Waals surface area contributed by atoms with Crippen LogP contribution in [-0.4, -0.2) is 43.8 Å². The maximum Gasteiger partial charge on any atom is 0.218 e. The minimum atomic E-state index is 0.636. The Bertz CT molecular complexity index is 364. The summed E-state index contributed by atoms with van der Waals surface area (Å²) >= 11 is 0. The number of hydrogen-bond acceptors (Lipinski definition) is 5. The van der Waals surface area contributed by atoms with E-state index in [1.807, 2.05) is 13.1 Å². The zero-order valence-corrected chi connectivity index (χ0v) is 11.2. The summed E-state index contributed by atoms with van der Waals surface area (Å²) in [5, 5.41) is 3.22. The number of ether oxygens (including phenoxy) is 1. The molecule has 0 aromatic carbocycles. The fourth-order valence-corrected chi connectivity index (χ4v) is 2.41. The van der Waals surface area contributed by atoms with Gasteiger partial charge in [0.15, 0.2) is 0 Å². The second-order valence-corrected chi connectivity index (χ2v) is 4.74. The zero-order chi connectivity index (χ0) is 12.8. The van der Waals surface area contributed by atoms with E-state index in [1.165, 1.54) is 19.3 Å². The Morgan fingerprint density at radius 3 is 2.83 bits per heavy atom. The van der Waals surface area contributed by atoms with Gasteiger partial charge in [0, 0.05) is 19.2 Å². The summed E-state index contributed by atoms with van der Waals surface area (Å²) in [6.07, 6.45) is 5.33. The van der Waals surface area contributed by atoms with Crippen LogP contribution in [0.5, 0.6) is 5.88 Å². The molecule has 2 rings (SSSR count). The Balaban J connectivity index is 1.88. The first-order valence-electron chi connectivity index (χ1n) is 6.59. The van der Waals surface area contributed by atoms with Crippen molar-refractivity contribution in [3.63, 3.8) is 0 Å². The lowest BCUT2D eigenvalue weighted by atomic mass is 9.93. The highest BCUT2D eigenvalue weighted by molar-refractivity contribution is 5.41. The van der Waals surface area contributed by atoms with Gasteiger partial charge >= 0.3 is 0 Å². The van der Waals surface area contributed by atoms with Crippen molar-refractivity contribution in [3.8, 4) is 5.88 Å². The molecule has 1 fully saturated rings. The predicted molar refractivity (Wildman–Crippen MR) is 72.1 cm³/mol. The first kappa shape index (κ1) is 13.1. The smallest absolute Gasteiger partial charge is 0.218 e. The van der Waals surface area contributed by atoms with Crippen molar-refractivity contribution in [2.45, 2.75) is 19.3 Å². The molecule has 100 valence electrons. The molecule has 18 heavy (non-hydrogen) atoms. The lowest BCUT2D eigenvalue weighted by molar-refractivity contribution is 0.375. The summed E-state index contributed by atoms with van der Waals surface area (Å²) in [5.74, 6) is 2.46. The van der Waals surface area contributed by atoms with Crippen molar-refractivity contribution in [2.75, 3.05) is 38.7 Å².